The van der Waals surface area contributed by atoms with Gasteiger partial charge in [-0.3, -0.25) is 0 Å². The lowest BCUT2D eigenvalue weighted by molar-refractivity contribution is 0.142. The zero-order valence-electron chi connectivity index (χ0n) is 9.05. The molecule has 15 heavy (non-hydrogen) atoms. The van der Waals surface area contributed by atoms with Gasteiger partial charge in [-0.05, 0) is 12.8 Å². The van der Waals surface area contributed by atoms with Crippen LogP contribution < -0.4 is 5.32 Å². The number of rotatable bonds is 4. The Kier molecular flexibility index (Phi) is 4.11. The Balaban J connectivity index is 2.53. The number of hydrogen-bond acceptors (Lipinski definition) is 5. The van der Waals surface area contributed by atoms with E-state index in [1.807, 2.05) is 13.8 Å². The number of aliphatic hydroxyl groups excluding tert-OH is 2. The third-order valence-electron chi connectivity index (χ3n) is 2.94. The Morgan fingerprint density at radius 2 is 2.00 bits per heavy atom. The normalized spacial score (nSPS) is 33.9. The van der Waals surface area contributed by atoms with E-state index in [4.69, 9.17) is 5.11 Å². The first-order valence-corrected chi connectivity index (χ1v) is 6.93. The lowest BCUT2D eigenvalue weighted by Crippen LogP contribution is -2.46. The van der Waals surface area contributed by atoms with Gasteiger partial charge >= 0.3 is 0 Å². The van der Waals surface area contributed by atoms with Gasteiger partial charge in [0.1, 0.15) is 0 Å². The summed E-state index contributed by atoms with van der Waals surface area (Å²) in [6.07, 6.45) is -0.830. The molecule has 4 unspecified atom stereocenters. The van der Waals surface area contributed by atoms with Crippen LogP contribution in [0, 0.1) is 5.92 Å². The van der Waals surface area contributed by atoms with E-state index < -0.39 is 22.0 Å². The van der Waals surface area contributed by atoms with Crippen molar-refractivity contribution in [2.45, 2.75) is 32.0 Å². The second-order valence-electron chi connectivity index (χ2n) is 4.37. The molecule has 1 rings (SSSR count). The number of sulfone groups is 1. The highest BCUT2D eigenvalue weighted by atomic mass is 32.2. The summed E-state index contributed by atoms with van der Waals surface area (Å²) in [7, 11) is -3.10. The largest absolute Gasteiger partial charge is 0.396 e. The zero-order chi connectivity index (χ0) is 11.6. The number of aliphatic hydroxyl groups is 2. The molecule has 0 aromatic heterocycles. The molecule has 6 heteroatoms. The van der Waals surface area contributed by atoms with Crippen molar-refractivity contribution in [2.75, 3.05) is 18.1 Å². The summed E-state index contributed by atoms with van der Waals surface area (Å²) in [5.41, 5.74) is 0. The molecule has 0 spiro atoms. The van der Waals surface area contributed by atoms with Crippen molar-refractivity contribution in [3.63, 3.8) is 0 Å². The second kappa shape index (κ2) is 4.78. The lowest BCUT2D eigenvalue weighted by Gasteiger charge is -2.24. The molecular weight excluding hydrogens is 218 g/mol. The monoisotopic (exact) mass is 237 g/mol. The Labute approximate surface area is 90.4 Å². The minimum atomic E-state index is -3.10. The van der Waals surface area contributed by atoms with Crippen molar-refractivity contribution in [1.82, 2.24) is 5.32 Å². The highest BCUT2D eigenvalue weighted by Crippen LogP contribution is 2.14. The fraction of sp³-hybridized carbons (Fsp3) is 1.00. The predicted molar refractivity (Wildman–Crippen MR) is 57.3 cm³/mol. The van der Waals surface area contributed by atoms with Crippen LogP contribution in [-0.4, -0.2) is 54.9 Å². The van der Waals surface area contributed by atoms with Crippen LogP contribution in [-0.2, 0) is 9.84 Å². The minimum Gasteiger partial charge on any atom is -0.396 e. The van der Waals surface area contributed by atoms with Crippen molar-refractivity contribution in [3.8, 4) is 0 Å². The SMILES string of the molecule is CC(CO)C(C)NC1CS(=O)(=O)CC1O. The van der Waals surface area contributed by atoms with E-state index in [1.165, 1.54) is 0 Å². The summed E-state index contributed by atoms with van der Waals surface area (Å²) in [5.74, 6) is -0.137. The smallest absolute Gasteiger partial charge is 0.154 e. The lowest BCUT2D eigenvalue weighted by atomic mass is 10.0. The summed E-state index contributed by atoms with van der Waals surface area (Å²) in [4.78, 5) is 0. The van der Waals surface area contributed by atoms with Gasteiger partial charge in [0.05, 0.1) is 17.6 Å². The summed E-state index contributed by atoms with van der Waals surface area (Å²) < 4.78 is 22.4. The fourth-order valence-corrected chi connectivity index (χ4v) is 3.40. The van der Waals surface area contributed by atoms with Gasteiger partial charge in [0.15, 0.2) is 9.84 Å². The molecule has 1 fully saturated rings. The first-order chi connectivity index (χ1) is 6.85. The molecule has 0 amide bonds. The summed E-state index contributed by atoms with van der Waals surface area (Å²) in [6, 6.07) is -0.415. The molecule has 0 aliphatic carbocycles. The Hall–Kier alpha value is -0.170. The highest BCUT2D eigenvalue weighted by molar-refractivity contribution is 7.91. The third kappa shape index (κ3) is 3.41. The topological polar surface area (TPSA) is 86.6 Å². The molecule has 0 bridgehead atoms. The molecule has 4 atom stereocenters. The quantitative estimate of drug-likeness (QED) is 0.569. The van der Waals surface area contributed by atoms with Crippen LogP contribution in [0.25, 0.3) is 0 Å². The van der Waals surface area contributed by atoms with Crippen molar-refractivity contribution < 1.29 is 18.6 Å². The van der Waals surface area contributed by atoms with E-state index in [0.717, 1.165) is 0 Å². The van der Waals surface area contributed by atoms with E-state index in [2.05, 4.69) is 5.32 Å². The second-order valence-corrected chi connectivity index (χ2v) is 6.52. The predicted octanol–water partition coefficient (Wildman–Crippen LogP) is -1.25. The first-order valence-electron chi connectivity index (χ1n) is 5.11. The van der Waals surface area contributed by atoms with Gasteiger partial charge in [-0.1, -0.05) is 6.92 Å². The van der Waals surface area contributed by atoms with Crippen LogP contribution in [0.15, 0.2) is 0 Å². The standard InChI is InChI=1S/C9H19NO4S/c1-6(3-11)7(2)10-8-4-15(13,14)5-9(8)12/h6-12H,3-5H2,1-2H3. The van der Waals surface area contributed by atoms with Crippen LogP contribution in [0.3, 0.4) is 0 Å². The van der Waals surface area contributed by atoms with Gasteiger partial charge in [0.2, 0.25) is 0 Å². The maximum Gasteiger partial charge on any atom is 0.154 e. The number of hydrogen-bond donors (Lipinski definition) is 3. The summed E-state index contributed by atoms with van der Waals surface area (Å²) >= 11 is 0. The Morgan fingerprint density at radius 1 is 1.40 bits per heavy atom. The van der Waals surface area contributed by atoms with Crippen molar-refractivity contribution in [1.29, 1.82) is 0 Å². The average Bonchev–Trinajstić information content (AvgIpc) is 2.38. The molecule has 90 valence electrons. The van der Waals surface area contributed by atoms with Gasteiger partial charge < -0.3 is 15.5 Å². The summed E-state index contributed by atoms with van der Waals surface area (Å²) in [5, 5.41) is 21.5. The van der Waals surface area contributed by atoms with E-state index in [0.29, 0.717) is 0 Å². The van der Waals surface area contributed by atoms with E-state index >= 15 is 0 Å². The molecule has 0 aromatic rings. The average molecular weight is 237 g/mol. The third-order valence-corrected chi connectivity index (χ3v) is 4.66. The molecule has 1 saturated heterocycles. The minimum absolute atomic E-state index is 0.0112. The van der Waals surface area contributed by atoms with Gasteiger partial charge in [-0.2, -0.15) is 0 Å². The Bertz CT molecular complexity index is 303. The van der Waals surface area contributed by atoms with Crippen LogP contribution in [0.5, 0.6) is 0 Å². The molecule has 3 N–H and O–H groups in total. The molecule has 1 aliphatic heterocycles. The first kappa shape index (κ1) is 12.9. The molecule has 0 aromatic carbocycles. The van der Waals surface area contributed by atoms with Crippen molar-refractivity contribution in [3.05, 3.63) is 0 Å². The van der Waals surface area contributed by atoms with Gasteiger partial charge in [-0.25, -0.2) is 8.42 Å². The van der Waals surface area contributed by atoms with E-state index in [-0.39, 0.29) is 30.1 Å². The molecular formula is C9H19NO4S. The zero-order valence-corrected chi connectivity index (χ0v) is 9.87. The van der Waals surface area contributed by atoms with Crippen LogP contribution in [0.1, 0.15) is 13.8 Å². The van der Waals surface area contributed by atoms with Crippen LogP contribution in [0.4, 0.5) is 0 Å². The highest BCUT2D eigenvalue weighted by Gasteiger charge is 2.37. The maximum atomic E-state index is 11.2. The molecule has 1 heterocycles. The van der Waals surface area contributed by atoms with Crippen LogP contribution in [0.2, 0.25) is 0 Å². The fourth-order valence-electron chi connectivity index (χ4n) is 1.65. The van der Waals surface area contributed by atoms with Gasteiger partial charge in [-0.15, -0.1) is 0 Å². The van der Waals surface area contributed by atoms with E-state index in [1.54, 1.807) is 0 Å². The molecule has 0 saturated carbocycles. The molecule has 5 nitrogen and oxygen atoms in total. The van der Waals surface area contributed by atoms with Gasteiger partial charge in [0.25, 0.3) is 0 Å². The molecule has 1 aliphatic rings. The van der Waals surface area contributed by atoms with Gasteiger partial charge in [0, 0.05) is 18.7 Å². The maximum absolute atomic E-state index is 11.2. The number of nitrogens with one attached hydrogen (secondary N) is 1. The molecule has 0 radical (unpaired) electrons. The summed E-state index contributed by atoms with van der Waals surface area (Å²) in [6.45, 7) is 3.79. The van der Waals surface area contributed by atoms with Crippen molar-refractivity contribution >= 4 is 9.84 Å². The van der Waals surface area contributed by atoms with E-state index in [9.17, 15) is 13.5 Å². The Morgan fingerprint density at radius 3 is 2.40 bits per heavy atom. The van der Waals surface area contributed by atoms with Crippen molar-refractivity contribution in [2.24, 2.45) is 5.92 Å². The van der Waals surface area contributed by atoms with Crippen LogP contribution >= 0.6 is 0 Å².